The molecule has 8 aromatic carbocycles. The lowest BCUT2D eigenvalue weighted by Gasteiger charge is -2.29. The molecular formula is C66H64N2O4. The number of anilines is 6. The summed E-state index contributed by atoms with van der Waals surface area (Å²) >= 11 is 0. The topological polar surface area (TPSA) is 59.1 Å². The zero-order chi connectivity index (χ0) is 50.7. The maximum Gasteiger partial charge on any atom is 0.306 e. The van der Waals surface area contributed by atoms with Crippen molar-refractivity contribution in [3.63, 3.8) is 0 Å². The van der Waals surface area contributed by atoms with Gasteiger partial charge in [-0.1, -0.05) is 122 Å². The van der Waals surface area contributed by atoms with Gasteiger partial charge in [0, 0.05) is 47.0 Å². The van der Waals surface area contributed by atoms with Crippen LogP contribution in [0.15, 0.2) is 183 Å². The van der Waals surface area contributed by atoms with Crippen molar-refractivity contribution in [1.29, 1.82) is 0 Å². The molecule has 0 aliphatic carbocycles. The third-order valence-corrected chi connectivity index (χ3v) is 13.6. The molecule has 0 N–H and O–H groups in total. The van der Waals surface area contributed by atoms with Crippen molar-refractivity contribution >= 4 is 58.2 Å². The molecule has 362 valence electrons. The van der Waals surface area contributed by atoms with Gasteiger partial charge in [0.05, 0.1) is 0 Å². The minimum Gasteiger partial charge on any atom is -0.461 e. The molecule has 0 aliphatic rings. The van der Waals surface area contributed by atoms with E-state index in [2.05, 4.69) is 186 Å². The van der Waals surface area contributed by atoms with E-state index in [9.17, 15) is 9.59 Å². The van der Waals surface area contributed by atoms with Crippen molar-refractivity contribution < 1.29 is 19.1 Å². The number of nitrogens with zero attached hydrogens (tertiary/aromatic N) is 2. The predicted octanol–water partition coefficient (Wildman–Crippen LogP) is 16.8. The molecule has 6 heteroatoms. The minimum absolute atomic E-state index is 0.218. The lowest BCUT2D eigenvalue weighted by atomic mass is 9.98. The van der Waals surface area contributed by atoms with E-state index in [0.29, 0.717) is 25.7 Å². The maximum absolute atomic E-state index is 12.7. The zero-order valence-corrected chi connectivity index (χ0v) is 42.5. The molecule has 0 saturated heterocycles. The third kappa shape index (κ3) is 12.4. The molecule has 8 aromatic rings. The van der Waals surface area contributed by atoms with E-state index in [1.807, 2.05) is 48.5 Å². The highest BCUT2D eigenvalue weighted by molar-refractivity contribution is 5.84. The Morgan fingerprint density at radius 2 is 0.736 bits per heavy atom. The maximum atomic E-state index is 12.7. The summed E-state index contributed by atoms with van der Waals surface area (Å²) in [5.74, 6) is -0.435. The van der Waals surface area contributed by atoms with Crippen LogP contribution in [-0.2, 0) is 45.1 Å². The van der Waals surface area contributed by atoms with Gasteiger partial charge in [0.25, 0.3) is 0 Å². The number of aryl methyl sites for hydroxylation is 8. The molecule has 0 saturated carbocycles. The van der Waals surface area contributed by atoms with Gasteiger partial charge in [-0.15, -0.1) is 0 Å². The normalized spacial score (nSPS) is 10.9. The van der Waals surface area contributed by atoms with E-state index in [1.54, 1.807) is 12.2 Å². The lowest BCUT2D eigenvalue weighted by Crippen LogP contribution is -2.12. The van der Waals surface area contributed by atoms with E-state index in [4.69, 9.17) is 9.47 Å². The van der Waals surface area contributed by atoms with E-state index >= 15 is 0 Å². The monoisotopic (exact) mass is 948 g/mol. The molecule has 0 aliphatic heterocycles. The zero-order valence-electron chi connectivity index (χ0n) is 42.5. The summed E-state index contributed by atoms with van der Waals surface area (Å²) in [4.78, 5) is 30.1. The van der Waals surface area contributed by atoms with Gasteiger partial charge in [-0.05, 0) is 205 Å². The quantitative estimate of drug-likeness (QED) is 0.0753. The molecule has 0 atom stereocenters. The highest BCUT2D eigenvalue weighted by atomic mass is 16.5. The Labute approximate surface area is 426 Å². The molecule has 0 unspecified atom stereocenters. The first-order valence-electron chi connectivity index (χ1n) is 24.7. The minimum atomic E-state index is -0.218. The number of rotatable bonds is 19. The van der Waals surface area contributed by atoms with E-state index in [0.717, 1.165) is 89.8 Å². The van der Waals surface area contributed by atoms with Gasteiger partial charge in [0.2, 0.25) is 0 Å². The SMILES string of the molecule is C=Cc1ccc(COC(=O)CCc2ccc(N(c3ccc(C)c(C)c3)c3ccc(-c4ccc(N(c5ccc(CCC(=O)OCc6ccc(C=C)cc6)cc5)c5ccc(C)c(C)c5)c(C)c4)cc3C)cc2)cc1. The van der Waals surface area contributed by atoms with Crippen molar-refractivity contribution in [1.82, 2.24) is 0 Å². The molecule has 0 fully saturated rings. The van der Waals surface area contributed by atoms with Gasteiger partial charge >= 0.3 is 11.9 Å². The number of ether oxygens (including phenoxy) is 2. The summed E-state index contributed by atoms with van der Waals surface area (Å²) < 4.78 is 11.2. The Morgan fingerprint density at radius 3 is 1.07 bits per heavy atom. The van der Waals surface area contributed by atoms with Crippen LogP contribution in [0.25, 0.3) is 23.3 Å². The second kappa shape index (κ2) is 23.1. The summed E-state index contributed by atoms with van der Waals surface area (Å²) in [6.07, 6.45) is 5.38. The molecule has 8 rings (SSSR count). The van der Waals surface area contributed by atoms with E-state index in [1.165, 1.54) is 22.3 Å². The van der Waals surface area contributed by atoms with Gasteiger partial charge in [-0.2, -0.15) is 0 Å². The highest BCUT2D eigenvalue weighted by Crippen LogP contribution is 2.42. The number of benzene rings is 8. The number of carbonyl (C=O) groups is 2. The fourth-order valence-electron chi connectivity index (χ4n) is 8.84. The van der Waals surface area contributed by atoms with E-state index in [-0.39, 0.29) is 25.2 Å². The molecule has 0 bridgehead atoms. The van der Waals surface area contributed by atoms with Crippen LogP contribution < -0.4 is 9.80 Å². The third-order valence-electron chi connectivity index (χ3n) is 13.6. The van der Waals surface area contributed by atoms with Crippen molar-refractivity contribution in [2.45, 2.75) is 80.4 Å². The van der Waals surface area contributed by atoms with Gasteiger partial charge in [0.15, 0.2) is 0 Å². The standard InChI is InChI=1S/C66H64N2O4/c1-9-51-13-17-55(18-14-51)43-71-65(69)37-25-53-21-31-59(32-22-53)67(61-29-11-45(3)47(5)41-61)63-35-27-57(39-49(63)7)58-28-36-64(50(8)40-58)68(62-30-12-46(4)48(6)42-62)60-33-23-54(24-34-60)26-38-66(70)72-44-56-19-15-52(10-2)16-20-56/h9-24,27-36,39-42H,1-2,25-26,37-38,43-44H2,3-8H3. The van der Waals surface area contributed by atoms with Crippen LogP contribution in [0.5, 0.6) is 0 Å². The van der Waals surface area contributed by atoms with Crippen LogP contribution in [0, 0.1) is 41.5 Å². The van der Waals surface area contributed by atoms with E-state index < -0.39 is 0 Å². The summed E-state index contributed by atoms with van der Waals surface area (Å²) in [6.45, 7) is 21.1. The average molecular weight is 949 g/mol. The Balaban J connectivity index is 0.992. The van der Waals surface area contributed by atoms with Crippen LogP contribution in [-0.4, -0.2) is 11.9 Å². The summed E-state index contributed by atoms with van der Waals surface area (Å²) in [7, 11) is 0. The second-order valence-electron chi connectivity index (χ2n) is 18.8. The van der Waals surface area contributed by atoms with Gasteiger partial charge in [0.1, 0.15) is 13.2 Å². The molecule has 0 spiro atoms. The van der Waals surface area contributed by atoms with Crippen LogP contribution in [0.2, 0.25) is 0 Å². The Hall–Kier alpha value is -8.22. The molecule has 72 heavy (non-hydrogen) atoms. The summed E-state index contributed by atoms with van der Waals surface area (Å²) in [5, 5.41) is 0. The lowest BCUT2D eigenvalue weighted by molar-refractivity contribution is -0.145. The number of esters is 2. The smallest absolute Gasteiger partial charge is 0.306 e. The Bertz CT molecular complexity index is 2990. The van der Waals surface area contributed by atoms with Crippen LogP contribution in [0.3, 0.4) is 0 Å². The van der Waals surface area contributed by atoms with Crippen LogP contribution in [0.1, 0.15) is 79.6 Å². The van der Waals surface area contributed by atoms with Crippen molar-refractivity contribution in [2.75, 3.05) is 9.80 Å². The average Bonchev–Trinajstić information content (AvgIpc) is 3.40. The first-order valence-corrected chi connectivity index (χ1v) is 24.7. The van der Waals surface area contributed by atoms with Gasteiger partial charge < -0.3 is 19.3 Å². The number of hydrogen-bond donors (Lipinski definition) is 0. The van der Waals surface area contributed by atoms with Crippen molar-refractivity contribution in [3.8, 4) is 11.1 Å². The van der Waals surface area contributed by atoms with Gasteiger partial charge in [-0.25, -0.2) is 0 Å². The molecule has 6 nitrogen and oxygen atoms in total. The Kier molecular flexibility index (Phi) is 16.1. The van der Waals surface area contributed by atoms with Crippen molar-refractivity contribution in [2.24, 2.45) is 0 Å². The van der Waals surface area contributed by atoms with Gasteiger partial charge in [-0.3, -0.25) is 9.59 Å². The molecule has 0 radical (unpaired) electrons. The largest absolute Gasteiger partial charge is 0.461 e. The number of carbonyl (C=O) groups excluding carboxylic acids is 2. The van der Waals surface area contributed by atoms with Crippen molar-refractivity contribution in [3.05, 3.63) is 250 Å². The first kappa shape index (κ1) is 50.2. The molecule has 0 heterocycles. The fraction of sp³-hybridized carbons (Fsp3) is 0.182. The van der Waals surface area contributed by atoms with Crippen LogP contribution in [0.4, 0.5) is 34.1 Å². The summed E-state index contributed by atoms with van der Waals surface area (Å²) in [5.41, 5.74) is 22.0. The molecule has 0 aromatic heterocycles. The van der Waals surface area contributed by atoms with Crippen LogP contribution >= 0.6 is 0 Å². The number of hydrogen-bond acceptors (Lipinski definition) is 6. The highest BCUT2D eigenvalue weighted by Gasteiger charge is 2.19. The predicted molar refractivity (Wildman–Crippen MR) is 299 cm³/mol. The first-order chi connectivity index (χ1) is 34.8. The second-order valence-corrected chi connectivity index (χ2v) is 18.8. The summed E-state index contributed by atoms with van der Waals surface area (Å²) in [6, 6.07) is 59.4. The molecular weight excluding hydrogens is 885 g/mol. The molecule has 0 amide bonds. The fourth-order valence-corrected chi connectivity index (χ4v) is 8.84. The Morgan fingerprint density at radius 1 is 0.389 bits per heavy atom.